The maximum atomic E-state index is 12.9. The number of carbonyl (C=O) groups excluding carboxylic acids is 2. The molecule has 4 N–H and O–H groups in total. The summed E-state index contributed by atoms with van der Waals surface area (Å²) >= 11 is 0. The van der Waals surface area contributed by atoms with Crippen LogP contribution in [0.25, 0.3) is 5.32 Å². The first-order chi connectivity index (χ1) is 15.9. The summed E-state index contributed by atoms with van der Waals surface area (Å²) in [6.07, 6.45) is 0.0383. The van der Waals surface area contributed by atoms with Crippen LogP contribution in [0, 0.1) is 5.92 Å². The molecule has 1 fully saturated rings. The van der Waals surface area contributed by atoms with E-state index in [4.69, 9.17) is 0 Å². The number of carbonyl (C=O) groups is 2. The fraction of sp³-hybridized carbons (Fsp3) is 0.360. The topological polar surface area (TPSA) is 124 Å². The number of aliphatic hydroxyl groups is 2. The third kappa shape index (κ3) is 5.01. The number of phenols is 1. The summed E-state index contributed by atoms with van der Waals surface area (Å²) in [5, 5.41) is 37.8. The minimum absolute atomic E-state index is 0. The molecule has 0 aromatic heterocycles. The molecule has 1 aliphatic heterocycles. The quantitative estimate of drug-likeness (QED) is 0.406. The molecule has 0 bridgehead atoms. The number of aliphatic hydroxyl groups excluding tert-OH is 2. The van der Waals surface area contributed by atoms with Crippen molar-refractivity contribution in [1.82, 2.24) is 10.2 Å². The predicted molar refractivity (Wildman–Crippen MR) is 123 cm³/mol. The van der Waals surface area contributed by atoms with Gasteiger partial charge < -0.3 is 30.9 Å². The number of Topliss-reactive ketones (excluding diaryl/α,β-unsaturated/α-hetero) is 1. The van der Waals surface area contributed by atoms with Crippen LogP contribution in [0.15, 0.2) is 59.9 Å². The number of hydrogen-bond acceptors (Lipinski definition) is 6. The van der Waals surface area contributed by atoms with Gasteiger partial charge in [0.25, 0.3) is 5.91 Å². The van der Waals surface area contributed by atoms with Crippen LogP contribution in [-0.2, 0) is 4.79 Å². The van der Waals surface area contributed by atoms with Crippen LogP contribution in [0.4, 0.5) is 5.69 Å². The fourth-order valence-electron chi connectivity index (χ4n) is 4.25. The van der Waals surface area contributed by atoms with E-state index in [-0.39, 0.29) is 71.7 Å². The Morgan fingerprint density at radius 1 is 1.21 bits per heavy atom. The zero-order valence-corrected chi connectivity index (χ0v) is 19.4. The van der Waals surface area contributed by atoms with Gasteiger partial charge in [-0.2, -0.15) is 0 Å². The molecule has 2 aromatic carbocycles. The standard InChI is InChI=1S/C25H29N3O5.Li/c1-2-18(16-7-4-3-5-8-16)26-20-21(24(32)23(20)31)27-19-10-6-9-17(22(19)30)25(33)28-12-11-15(13-28)14-29;/h3-10,15,18,24,26,29,32H,2,11-14H2,1H3,(H2,27,30,31,33);/q;+1/p-1/t15-,18+,24?;/m0./s1. The summed E-state index contributed by atoms with van der Waals surface area (Å²) in [5.74, 6) is -1.06. The average molecular weight is 457 g/mol. The number of phenolic OH excluding ortho intramolecular Hbond substituents is 1. The molecule has 0 radical (unpaired) electrons. The second kappa shape index (κ2) is 11.1. The number of aromatic hydroxyl groups is 1. The Labute approximate surface area is 210 Å². The summed E-state index contributed by atoms with van der Waals surface area (Å²) < 4.78 is 0. The zero-order valence-electron chi connectivity index (χ0n) is 19.4. The van der Waals surface area contributed by atoms with E-state index in [0.29, 0.717) is 25.9 Å². The Morgan fingerprint density at radius 2 is 1.94 bits per heavy atom. The van der Waals surface area contributed by atoms with Gasteiger partial charge in [-0.15, -0.1) is 0 Å². The van der Waals surface area contributed by atoms with Crippen molar-refractivity contribution in [2.24, 2.45) is 5.92 Å². The molecular weight excluding hydrogens is 429 g/mol. The fourth-order valence-corrected chi connectivity index (χ4v) is 4.25. The molecule has 8 nitrogen and oxygen atoms in total. The van der Waals surface area contributed by atoms with Gasteiger partial charge in [-0.3, -0.25) is 9.59 Å². The Kier molecular flexibility index (Phi) is 8.45. The predicted octanol–water partition coefficient (Wildman–Crippen LogP) is -0.248. The van der Waals surface area contributed by atoms with Crippen molar-refractivity contribution < 1.29 is 43.8 Å². The number of nitrogens with zero attached hydrogens (tertiary/aromatic N) is 2. The third-order valence-corrected chi connectivity index (χ3v) is 6.26. The number of nitrogens with one attached hydrogen (secondary N) is 1. The van der Waals surface area contributed by atoms with E-state index < -0.39 is 11.9 Å². The molecule has 174 valence electrons. The molecule has 1 unspecified atom stereocenters. The SMILES string of the molecule is CC[C@@H](NC1=C([N-]c2cccc(C(=O)N3CC[C@H](CO)C3)c2O)C(O)C1=O)c1ccccc1.[Li+]. The van der Waals surface area contributed by atoms with Gasteiger partial charge in [-0.1, -0.05) is 60.8 Å². The molecule has 1 amide bonds. The number of ketones is 1. The van der Waals surface area contributed by atoms with E-state index in [0.717, 1.165) is 5.56 Å². The molecule has 0 saturated carbocycles. The number of likely N-dealkylation sites (tertiary alicyclic amines) is 1. The summed E-state index contributed by atoms with van der Waals surface area (Å²) in [4.78, 5) is 26.8. The van der Waals surface area contributed by atoms with Gasteiger partial charge in [0.15, 0.2) is 0 Å². The summed E-state index contributed by atoms with van der Waals surface area (Å²) in [7, 11) is 0. The molecule has 2 aliphatic rings. The number of amides is 1. The van der Waals surface area contributed by atoms with Crippen LogP contribution in [0.3, 0.4) is 0 Å². The van der Waals surface area contributed by atoms with Gasteiger partial charge in [-0.05, 0) is 24.5 Å². The maximum Gasteiger partial charge on any atom is 1.00 e. The van der Waals surface area contributed by atoms with Gasteiger partial charge in [0.05, 0.1) is 17.3 Å². The molecule has 3 atom stereocenters. The van der Waals surface area contributed by atoms with E-state index in [2.05, 4.69) is 10.6 Å². The second-order valence-corrected chi connectivity index (χ2v) is 8.42. The minimum atomic E-state index is -1.39. The number of rotatable bonds is 8. The molecule has 1 aliphatic carbocycles. The monoisotopic (exact) mass is 457 g/mol. The van der Waals surface area contributed by atoms with Gasteiger partial charge >= 0.3 is 18.9 Å². The van der Waals surface area contributed by atoms with Gasteiger partial charge in [-0.25, -0.2) is 0 Å². The normalized spacial score (nSPS) is 20.4. The molecular formula is C25H28LiN3O5. The molecule has 1 saturated heterocycles. The van der Waals surface area contributed by atoms with Crippen LogP contribution in [0.5, 0.6) is 5.75 Å². The first kappa shape index (κ1) is 25.9. The molecule has 2 aromatic rings. The molecule has 1 heterocycles. The number of hydrogen-bond donors (Lipinski definition) is 4. The smallest absolute Gasteiger partial charge is 0.654 e. The molecule has 9 heteroatoms. The van der Waals surface area contributed by atoms with Crippen molar-refractivity contribution in [3.8, 4) is 5.75 Å². The Bertz CT molecular complexity index is 1080. The number of benzene rings is 2. The Hall–Kier alpha value is -2.76. The van der Waals surface area contributed by atoms with Crippen LogP contribution in [-0.4, -0.2) is 57.7 Å². The van der Waals surface area contributed by atoms with Crippen molar-refractivity contribution in [2.75, 3.05) is 19.7 Å². The Morgan fingerprint density at radius 3 is 2.59 bits per heavy atom. The first-order valence-corrected chi connectivity index (χ1v) is 11.2. The molecule has 4 rings (SSSR count). The Balaban J connectivity index is 0.00000324. The first-order valence-electron chi connectivity index (χ1n) is 11.2. The molecule has 34 heavy (non-hydrogen) atoms. The van der Waals surface area contributed by atoms with Crippen molar-refractivity contribution in [1.29, 1.82) is 0 Å². The van der Waals surface area contributed by atoms with Gasteiger partial charge in [0.2, 0.25) is 5.78 Å². The third-order valence-electron chi connectivity index (χ3n) is 6.26. The van der Waals surface area contributed by atoms with Crippen molar-refractivity contribution >= 4 is 17.4 Å². The largest absolute Gasteiger partial charge is 1.00 e. The van der Waals surface area contributed by atoms with E-state index in [1.807, 2.05) is 37.3 Å². The average Bonchev–Trinajstić information content (AvgIpc) is 3.34. The number of para-hydroxylation sites is 1. The van der Waals surface area contributed by atoms with Crippen LogP contribution < -0.4 is 24.2 Å². The van der Waals surface area contributed by atoms with Crippen molar-refractivity contribution in [3.05, 3.63) is 76.4 Å². The van der Waals surface area contributed by atoms with E-state index in [1.165, 1.54) is 12.1 Å². The van der Waals surface area contributed by atoms with Crippen LogP contribution >= 0.6 is 0 Å². The summed E-state index contributed by atoms with van der Waals surface area (Å²) in [6.45, 7) is 2.95. The second-order valence-electron chi connectivity index (χ2n) is 8.42. The minimum Gasteiger partial charge on any atom is -0.654 e. The molecule has 0 spiro atoms. The van der Waals surface area contributed by atoms with E-state index in [1.54, 1.807) is 11.0 Å². The zero-order chi connectivity index (χ0) is 23.5. The van der Waals surface area contributed by atoms with Crippen LogP contribution in [0.1, 0.15) is 41.7 Å². The summed E-state index contributed by atoms with van der Waals surface area (Å²) in [6, 6.07) is 14.2. The van der Waals surface area contributed by atoms with Gasteiger partial charge in [0.1, 0.15) is 11.9 Å². The van der Waals surface area contributed by atoms with E-state index >= 15 is 0 Å². The summed E-state index contributed by atoms with van der Waals surface area (Å²) in [5.41, 5.74) is 1.55. The van der Waals surface area contributed by atoms with Crippen LogP contribution in [0.2, 0.25) is 0 Å². The van der Waals surface area contributed by atoms with Crippen molar-refractivity contribution in [2.45, 2.75) is 31.9 Å². The maximum absolute atomic E-state index is 12.9. The van der Waals surface area contributed by atoms with E-state index in [9.17, 15) is 24.9 Å². The van der Waals surface area contributed by atoms with Crippen molar-refractivity contribution in [3.63, 3.8) is 0 Å². The van der Waals surface area contributed by atoms with Gasteiger partial charge in [0, 0.05) is 25.6 Å².